The Kier molecular flexibility index (Phi) is 5.34. The van der Waals surface area contributed by atoms with E-state index in [0.29, 0.717) is 5.56 Å². The van der Waals surface area contributed by atoms with Gasteiger partial charge in [-0.05, 0) is 17.7 Å². The molecule has 8 heteroatoms. The maximum Gasteiger partial charge on any atom is 0.401 e. The Balaban J connectivity index is 2.69. The molecule has 0 fully saturated rings. The van der Waals surface area contributed by atoms with Crippen molar-refractivity contribution in [3.8, 4) is 11.5 Å². The molecule has 1 N–H and O–H groups in total. The molecule has 0 heterocycles. The van der Waals surface area contributed by atoms with E-state index in [9.17, 15) is 22.0 Å². The predicted molar refractivity (Wildman–Crippen MR) is 57.4 cm³/mol. The molecule has 0 radical (unpaired) electrons. The number of halogens is 5. The van der Waals surface area contributed by atoms with Crippen LogP contribution in [0, 0.1) is 0 Å². The highest BCUT2D eigenvalue weighted by Crippen LogP contribution is 2.29. The van der Waals surface area contributed by atoms with Crippen LogP contribution in [0.1, 0.15) is 5.56 Å². The molecule has 0 saturated carbocycles. The Hall–Kier alpha value is -1.57. The molecule has 0 aliphatic heterocycles. The molecular formula is C11H12F5NO2. The summed E-state index contributed by atoms with van der Waals surface area (Å²) in [4.78, 5) is 0. The lowest BCUT2D eigenvalue weighted by Crippen LogP contribution is -2.28. The highest BCUT2D eigenvalue weighted by Gasteiger charge is 2.26. The largest absolute Gasteiger partial charge is 0.493 e. The molecule has 0 unspecified atom stereocenters. The fraction of sp³-hybridized carbons (Fsp3) is 0.455. The van der Waals surface area contributed by atoms with Crippen LogP contribution in [0.2, 0.25) is 0 Å². The smallest absolute Gasteiger partial charge is 0.401 e. The van der Waals surface area contributed by atoms with E-state index in [1.165, 1.54) is 25.3 Å². The number of hydrogen-bond donors (Lipinski definition) is 1. The quantitative estimate of drug-likeness (QED) is 0.815. The third-order valence-electron chi connectivity index (χ3n) is 2.10. The van der Waals surface area contributed by atoms with Gasteiger partial charge in [-0.1, -0.05) is 6.07 Å². The van der Waals surface area contributed by atoms with Gasteiger partial charge >= 0.3 is 12.8 Å². The molecular weight excluding hydrogens is 273 g/mol. The van der Waals surface area contributed by atoms with E-state index in [0.717, 1.165) is 0 Å². The Morgan fingerprint density at radius 2 is 1.89 bits per heavy atom. The van der Waals surface area contributed by atoms with E-state index in [2.05, 4.69) is 10.1 Å². The summed E-state index contributed by atoms with van der Waals surface area (Å²) in [5.41, 5.74) is 0.376. The molecule has 0 amide bonds. The van der Waals surface area contributed by atoms with Crippen LogP contribution in [0.3, 0.4) is 0 Å². The van der Waals surface area contributed by atoms with E-state index in [1.807, 2.05) is 0 Å². The van der Waals surface area contributed by atoms with Crippen molar-refractivity contribution in [2.75, 3.05) is 13.7 Å². The fourth-order valence-electron chi connectivity index (χ4n) is 1.37. The second-order valence-corrected chi connectivity index (χ2v) is 3.58. The zero-order valence-electron chi connectivity index (χ0n) is 9.93. The minimum absolute atomic E-state index is 0.0832. The van der Waals surface area contributed by atoms with Crippen LogP contribution in [0.15, 0.2) is 18.2 Å². The van der Waals surface area contributed by atoms with Crippen molar-refractivity contribution in [2.45, 2.75) is 19.3 Å². The second-order valence-electron chi connectivity index (χ2n) is 3.58. The molecule has 1 aromatic rings. The summed E-state index contributed by atoms with van der Waals surface area (Å²) in [6, 6.07) is 4.01. The zero-order chi connectivity index (χ0) is 14.5. The maximum atomic E-state index is 12.1. The lowest BCUT2D eigenvalue weighted by molar-refractivity contribution is -0.125. The van der Waals surface area contributed by atoms with E-state index in [1.54, 1.807) is 0 Å². The third kappa shape index (κ3) is 5.73. The van der Waals surface area contributed by atoms with E-state index < -0.39 is 19.3 Å². The second kappa shape index (κ2) is 6.55. The van der Waals surface area contributed by atoms with Gasteiger partial charge in [0.25, 0.3) is 0 Å². The Labute approximate surface area is 106 Å². The molecule has 0 spiro atoms. The fourth-order valence-corrected chi connectivity index (χ4v) is 1.37. The topological polar surface area (TPSA) is 30.5 Å². The Morgan fingerprint density at radius 1 is 1.21 bits per heavy atom. The number of nitrogens with one attached hydrogen (secondary N) is 1. The van der Waals surface area contributed by atoms with Gasteiger partial charge in [0.1, 0.15) is 0 Å². The molecule has 0 atom stereocenters. The molecule has 1 aromatic carbocycles. The van der Waals surface area contributed by atoms with Gasteiger partial charge in [-0.15, -0.1) is 0 Å². The number of rotatable bonds is 6. The first kappa shape index (κ1) is 15.5. The minimum Gasteiger partial charge on any atom is -0.493 e. The lowest BCUT2D eigenvalue weighted by atomic mass is 10.2. The van der Waals surface area contributed by atoms with Crippen LogP contribution < -0.4 is 14.8 Å². The van der Waals surface area contributed by atoms with Crippen LogP contribution in [0.5, 0.6) is 11.5 Å². The first-order valence-electron chi connectivity index (χ1n) is 5.21. The minimum atomic E-state index is -4.32. The zero-order valence-corrected chi connectivity index (χ0v) is 9.93. The first-order valence-corrected chi connectivity index (χ1v) is 5.21. The summed E-state index contributed by atoms with van der Waals surface area (Å²) in [5, 5.41) is 2.15. The molecule has 108 valence electrons. The van der Waals surface area contributed by atoms with Gasteiger partial charge in [-0.25, -0.2) is 0 Å². The van der Waals surface area contributed by atoms with Crippen molar-refractivity contribution < 1.29 is 31.4 Å². The monoisotopic (exact) mass is 285 g/mol. The normalized spacial score (nSPS) is 11.7. The SMILES string of the molecule is COc1ccc(CNCC(F)(F)F)cc1OC(F)F. The molecule has 0 saturated heterocycles. The van der Waals surface area contributed by atoms with Crippen molar-refractivity contribution in [3.63, 3.8) is 0 Å². The van der Waals surface area contributed by atoms with Crippen LogP contribution in [0.25, 0.3) is 0 Å². The van der Waals surface area contributed by atoms with Crippen LogP contribution >= 0.6 is 0 Å². The summed E-state index contributed by atoms with van der Waals surface area (Å²) in [7, 11) is 1.27. The van der Waals surface area contributed by atoms with Crippen molar-refractivity contribution in [3.05, 3.63) is 23.8 Å². The van der Waals surface area contributed by atoms with Crippen molar-refractivity contribution in [1.82, 2.24) is 5.32 Å². The van der Waals surface area contributed by atoms with Gasteiger partial charge in [-0.2, -0.15) is 22.0 Å². The van der Waals surface area contributed by atoms with Gasteiger partial charge in [0.05, 0.1) is 13.7 Å². The summed E-state index contributed by atoms with van der Waals surface area (Å²) in [5.74, 6) is -0.135. The molecule has 0 aliphatic rings. The average molecular weight is 285 g/mol. The standard InChI is InChI=1S/C11H12F5NO2/c1-18-8-3-2-7(4-9(8)19-10(12)13)5-17-6-11(14,15)16/h2-4,10,17H,5-6H2,1H3. The van der Waals surface area contributed by atoms with Gasteiger partial charge < -0.3 is 14.8 Å². The molecule has 3 nitrogen and oxygen atoms in total. The van der Waals surface area contributed by atoms with Gasteiger partial charge in [0, 0.05) is 6.54 Å². The molecule has 19 heavy (non-hydrogen) atoms. The number of alkyl halides is 5. The molecule has 0 aromatic heterocycles. The number of hydrogen-bond acceptors (Lipinski definition) is 3. The van der Waals surface area contributed by atoms with Crippen LogP contribution in [-0.2, 0) is 6.54 Å². The van der Waals surface area contributed by atoms with E-state index in [4.69, 9.17) is 4.74 Å². The molecule has 0 aliphatic carbocycles. The Bertz CT molecular complexity index is 409. The predicted octanol–water partition coefficient (Wildman–Crippen LogP) is 2.95. The molecule has 0 bridgehead atoms. The van der Waals surface area contributed by atoms with Gasteiger partial charge in [0.2, 0.25) is 0 Å². The first-order chi connectivity index (χ1) is 8.81. The Morgan fingerprint density at radius 3 is 2.42 bits per heavy atom. The summed E-state index contributed by atoms with van der Waals surface area (Å²) >= 11 is 0. The van der Waals surface area contributed by atoms with Crippen LogP contribution in [0.4, 0.5) is 22.0 Å². The van der Waals surface area contributed by atoms with Crippen molar-refractivity contribution >= 4 is 0 Å². The highest BCUT2D eigenvalue weighted by molar-refractivity contribution is 5.42. The van der Waals surface area contributed by atoms with E-state index in [-0.39, 0.29) is 18.0 Å². The van der Waals surface area contributed by atoms with E-state index >= 15 is 0 Å². The average Bonchev–Trinajstić information content (AvgIpc) is 2.27. The lowest BCUT2D eigenvalue weighted by Gasteiger charge is -2.12. The van der Waals surface area contributed by atoms with Gasteiger partial charge in [0.15, 0.2) is 11.5 Å². The number of benzene rings is 1. The van der Waals surface area contributed by atoms with Crippen molar-refractivity contribution in [1.29, 1.82) is 0 Å². The van der Waals surface area contributed by atoms with Crippen molar-refractivity contribution in [2.24, 2.45) is 0 Å². The number of methoxy groups -OCH3 is 1. The highest BCUT2D eigenvalue weighted by atomic mass is 19.4. The summed E-state index contributed by atoms with van der Waals surface area (Å²) in [6.45, 7) is -4.32. The number of ether oxygens (including phenoxy) is 2. The molecule has 1 rings (SSSR count). The van der Waals surface area contributed by atoms with Crippen LogP contribution in [-0.4, -0.2) is 26.4 Å². The summed E-state index contributed by atoms with van der Waals surface area (Å²) in [6.07, 6.45) is -4.32. The third-order valence-corrected chi connectivity index (χ3v) is 2.10. The maximum absolute atomic E-state index is 12.1. The summed E-state index contributed by atoms with van der Waals surface area (Å²) < 4.78 is 69.1. The van der Waals surface area contributed by atoms with Gasteiger partial charge in [-0.3, -0.25) is 0 Å².